The van der Waals surface area contributed by atoms with Crippen LogP contribution in [0.1, 0.15) is 11.6 Å². The van der Waals surface area contributed by atoms with E-state index in [1.807, 2.05) is 4.90 Å². The Morgan fingerprint density at radius 1 is 1.60 bits per heavy atom. The quantitative estimate of drug-likeness (QED) is 0.831. The fraction of sp³-hybridized carbons (Fsp3) is 0.500. The number of amides is 1. The van der Waals surface area contributed by atoms with Crippen LogP contribution in [0.15, 0.2) is 24.3 Å². The second kappa shape index (κ2) is 6.78. The second-order valence-corrected chi connectivity index (χ2v) is 4.72. The first-order valence-corrected chi connectivity index (χ1v) is 6.68. The fourth-order valence-corrected chi connectivity index (χ4v) is 2.57. The molecule has 20 heavy (non-hydrogen) atoms. The molecule has 5 nitrogen and oxygen atoms in total. The Hall–Kier alpha value is -1.50. The maximum Gasteiger partial charge on any atom is 0.239 e. The van der Waals surface area contributed by atoms with Gasteiger partial charge in [-0.25, -0.2) is 4.39 Å². The number of hydrogen-bond donors (Lipinski definition) is 2. The van der Waals surface area contributed by atoms with E-state index >= 15 is 0 Å². The van der Waals surface area contributed by atoms with Crippen molar-refractivity contribution in [1.82, 2.24) is 10.2 Å². The summed E-state index contributed by atoms with van der Waals surface area (Å²) in [5.74, 6) is -0.440. The molecule has 0 bridgehead atoms. The lowest BCUT2D eigenvalue weighted by atomic mass is 10.0. The van der Waals surface area contributed by atoms with Gasteiger partial charge in [0.15, 0.2) is 0 Å². The summed E-state index contributed by atoms with van der Waals surface area (Å²) in [6, 6.07) is 5.76. The third-order valence-electron chi connectivity index (χ3n) is 3.61. The molecule has 1 aliphatic rings. The van der Waals surface area contributed by atoms with Gasteiger partial charge in [-0.05, 0) is 6.07 Å². The lowest BCUT2D eigenvalue weighted by molar-refractivity contribution is -0.134. The Balaban J connectivity index is 2.29. The number of halogens is 1. The van der Waals surface area contributed by atoms with Crippen LogP contribution in [0.4, 0.5) is 4.39 Å². The first-order chi connectivity index (χ1) is 9.69. The lowest BCUT2D eigenvalue weighted by Gasteiger charge is -2.39. The van der Waals surface area contributed by atoms with Crippen LogP contribution in [-0.2, 0) is 9.53 Å². The smallest absolute Gasteiger partial charge is 0.239 e. The number of nitrogens with zero attached hydrogens (tertiary/aromatic N) is 1. The van der Waals surface area contributed by atoms with Crippen molar-refractivity contribution < 1.29 is 13.9 Å². The molecule has 2 atom stereocenters. The molecular weight excluding hydrogens is 261 g/mol. The van der Waals surface area contributed by atoms with Crippen molar-refractivity contribution in [2.24, 2.45) is 5.73 Å². The molecule has 1 aromatic rings. The number of nitrogens with one attached hydrogen (secondary N) is 1. The zero-order valence-corrected chi connectivity index (χ0v) is 11.5. The molecule has 0 aromatic heterocycles. The van der Waals surface area contributed by atoms with Crippen LogP contribution < -0.4 is 11.1 Å². The Bertz CT molecular complexity index is 469. The van der Waals surface area contributed by atoms with Crippen molar-refractivity contribution in [2.75, 3.05) is 33.4 Å². The molecule has 1 aromatic carbocycles. The second-order valence-electron chi connectivity index (χ2n) is 4.72. The molecule has 0 saturated carbocycles. The molecule has 110 valence electrons. The highest BCUT2D eigenvalue weighted by atomic mass is 19.1. The van der Waals surface area contributed by atoms with Gasteiger partial charge in [0, 0.05) is 25.7 Å². The summed E-state index contributed by atoms with van der Waals surface area (Å²) in [7, 11) is 1.58. The van der Waals surface area contributed by atoms with E-state index in [0.29, 0.717) is 25.3 Å². The van der Waals surface area contributed by atoms with Gasteiger partial charge in [-0.3, -0.25) is 9.69 Å². The molecule has 1 amide bonds. The van der Waals surface area contributed by atoms with Crippen molar-refractivity contribution in [3.05, 3.63) is 35.6 Å². The molecule has 1 fully saturated rings. The summed E-state index contributed by atoms with van der Waals surface area (Å²) in [4.78, 5) is 13.9. The minimum atomic E-state index is -0.443. The van der Waals surface area contributed by atoms with Gasteiger partial charge in [0.05, 0.1) is 19.3 Å². The Kier molecular flexibility index (Phi) is 5.05. The number of hydrogen-bond acceptors (Lipinski definition) is 4. The highest BCUT2D eigenvalue weighted by Gasteiger charge is 2.34. The molecule has 6 heteroatoms. The molecule has 0 radical (unpaired) electrons. The van der Waals surface area contributed by atoms with Crippen LogP contribution in [0.2, 0.25) is 0 Å². The number of carbonyl (C=O) groups excluding carboxylic acids is 1. The van der Waals surface area contributed by atoms with Crippen LogP contribution in [0.5, 0.6) is 0 Å². The third-order valence-corrected chi connectivity index (χ3v) is 3.61. The fourth-order valence-electron chi connectivity index (χ4n) is 2.57. The van der Waals surface area contributed by atoms with Gasteiger partial charge in [0.25, 0.3) is 0 Å². The maximum absolute atomic E-state index is 14.0. The van der Waals surface area contributed by atoms with Crippen LogP contribution in [0.25, 0.3) is 0 Å². The zero-order chi connectivity index (χ0) is 14.5. The molecular formula is C14H20FN3O2. The molecule has 0 spiro atoms. The van der Waals surface area contributed by atoms with Crippen LogP contribution in [-0.4, -0.2) is 50.2 Å². The predicted molar refractivity (Wildman–Crippen MR) is 73.6 cm³/mol. The minimum absolute atomic E-state index is 0.139. The number of benzene rings is 1. The highest BCUT2D eigenvalue weighted by molar-refractivity contribution is 5.81. The van der Waals surface area contributed by atoms with E-state index in [9.17, 15) is 9.18 Å². The largest absolute Gasteiger partial charge is 0.378 e. The molecule has 0 aliphatic carbocycles. The standard InChI is InChI=1S/C14H20FN3O2/c1-17-14(19)13-9-20-7-6-18(13)12(8-16)10-4-2-3-5-11(10)15/h2-5,12-13H,6-9,16H2,1H3,(H,17,19). The average molecular weight is 281 g/mol. The molecule has 2 rings (SSSR count). The number of ether oxygens (including phenoxy) is 1. The van der Waals surface area contributed by atoms with Gasteiger partial charge in [-0.1, -0.05) is 18.2 Å². The maximum atomic E-state index is 14.0. The van der Waals surface area contributed by atoms with Crippen molar-refractivity contribution in [3.63, 3.8) is 0 Å². The minimum Gasteiger partial charge on any atom is -0.378 e. The molecule has 1 heterocycles. The average Bonchev–Trinajstić information content (AvgIpc) is 2.49. The van der Waals surface area contributed by atoms with Gasteiger partial charge in [0.2, 0.25) is 5.91 Å². The Morgan fingerprint density at radius 3 is 3.00 bits per heavy atom. The number of carbonyl (C=O) groups is 1. The summed E-state index contributed by atoms with van der Waals surface area (Å²) >= 11 is 0. The lowest BCUT2D eigenvalue weighted by Crippen LogP contribution is -2.55. The first-order valence-electron chi connectivity index (χ1n) is 6.68. The third kappa shape index (κ3) is 2.98. The van der Waals surface area contributed by atoms with Crippen molar-refractivity contribution in [3.8, 4) is 0 Å². The monoisotopic (exact) mass is 281 g/mol. The summed E-state index contributed by atoms with van der Waals surface area (Å²) in [6.07, 6.45) is 0. The highest BCUT2D eigenvalue weighted by Crippen LogP contribution is 2.26. The van der Waals surface area contributed by atoms with E-state index in [2.05, 4.69) is 5.32 Å². The number of nitrogens with two attached hydrogens (primary N) is 1. The predicted octanol–water partition coefficient (Wildman–Crippen LogP) is 0.272. The van der Waals surface area contributed by atoms with E-state index < -0.39 is 6.04 Å². The Morgan fingerprint density at radius 2 is 2.35 bits per heavy atom. The first kappa shape index (κ1) is 14.9. The van der Waals surface area contributed by atoms with Crippen LogP contribution in [0, 0.1) is 5.82 Å². The van der Waals surface area contributed by atoms with Crippen molar-refractivity contribution in [2.45, 2.75) is 12.1 Å². The molecule has 2 unspecified atom stereocenters. The van der Waals surface area contributed by atoms with Gasteiger partial charge in [0.1, 0.15) is 11.9 Å². The molecule has 3 N–H and O–H groups in total. The van der Waals surface area contributed by atoms with E-state index in [1.54, 1.807) is 25.2 Å². The van der Waals surface area contributed by atoms with Crippen LogP contribution in [0.3, 0.4) is 0 Å². The van der Waals surface area contributed by atoms with Gasteiger partial charge in [-0.15, -0.1) is 0 Å². The van der Waals surface area contributed by atoms with E-state index in [0.717, 1.165) is 0 Å². The number of likely N-dealkylation sites (N-methyl/N-ethyl adjacent to an activating group) is 1. The Labute approximate surface area is 117 Å². The zero-order valence-electron chi connectivity index (χ0n) is 11.5. The summed E-state index contributed by atoms with van der Waals surface area (Å²) in [5, 5.41) is 2.61. The van der Waals surface area contributed by atoms with Crippen molar-refractivity contribution >= 4 is 5.91 Å². The SMILES string of the molecule is CNC(=O)C1COCCN1C(CN)c1ccccc1F. The summed E-state index contributed by atoms with van der Waals surface area (Å²) < 4.78 is 19.3. The normalized spacial score (nSPS) is 21.4. The molecule has 1 aliphatic heterocycles. The number of rotatable bonds is 4. The van der Waals surface area contributed by atoms with Gasteiger partial charge in [-0.2, -0.15) is 0 Å². The molecule has 1 saturated heterocycles. The van der Waals surface area contributed by atoms with E-state index in [1.165, 1.54) is 6.07 Å². The van der Waals surface area contributed by atoms with E-state index in [-0.39, 0.29) is 24.3 Å². The summed E-state index contributed by atoms with van der Waals surface area (Å²) in [6.45, 7) is 1.60. The van der Waals surface area contributed by atoms with E-state index in [4.69, 9.17) is 10.5 Å². The van der Waals surface area contributed by atoms with Gasteiger partial charge < -0.3 is 15.8 Å². The van der Waals surface area contributed by atoms with Gasteiger partial charge >= 0.3 is 0 Å². The number of morpholine rings is 1. The summed E-state index contributed by atoms with van der Waals surface area (Å²) in [5.41, 5.74) is 6.35. The van der Waals surface area contributed by atoms with Crippen molar-refractivity contribution in [1.29, 1.82) is 0 Å². The topological polar surface area (TPSA) is 67.6 Å². The van der Waals surface area contributed by atoms with Crippen LogP contribution >= 0.6 is 0 Å².